The van der Waals surface area contributed by atoms with Crippen molar-refractivity contribution >= 4 is 47.0 Å². The smallest absolute Gasteiger partial charge is 0.283 e. The van der Waals surface area contributed by atoms with Crippen molar-refractivity contribution in [2.75, 3.05) is 18.0 Å². The van der Waals surface area contributed by atoms with Crippen LogP contribution >= 0.6 is 11.6 Å². The van der Waals surface area contributed by atoms with Crippen LogP contribution in [-0.2, 0) is 6.42 Å². The number of halogens is 1. The minimum atomic E-state index is -0.690. The van der Waals surface area contributed by atoms with E-state index in [9.17, 15) is 9.59 Å². The van der Waals surface area contributed by atoms with Gasteiger partial charge in [-0.2, -0.15) is 0 Å². The molecule has 14 heteroatoms. The van der Waals surface area contributed by atoms with Gasteiger partial charge in [0.15, 0.2) is 34.4 Å². The number of hydrogen-bond donors (Lipinski definition) is 7. The van der Waals surface area contributed by atoms with E-state index in [1.54, 1.807) is 19.1 Å². The molecule has 0 spiro atoms. The summed E-state index contributed by atoms with van der Waals surface area (Å²) in [5, 5.41) is 10.2. The number of aliphatic imine (C=N–C) groups is 1. The molecule has 2 rings (SSSR count). The van der Waals surface area contributed by atoms with Crippen molar-refractivity contribution in [3.05, 3.63) is 46.2 Å². The first kappa shape index (κ1) is 26.1. The molecule has 0 fully saturated rings. The number of carbonyl (C=O) groups is 2. The second-order valence-electron chi connectivity index (χ2n) is 7.33. The van der Waals surface area contributed by atoms with E-state index in [0.717, 1.165) is 10.5 Å². The van der Waals surface area contributed by atoms with Crippen LogP contribution in [0.2, 0.25) is 5.15 Å². The maximum atomic E-state index is 12.7. The zero-order valence-electron chi connectivity index (χ0n) is 18.6. The molecule has 0 aliphatic carbocycles. The molecule has 0 saturated carbocycles. The van der Waals surface area contributed by atoms with Gasteiger partial charge in [0, 0.05) is 12.1 Å². The lowest BCUT2D eigenvalue weighted by atomic mass is 10.1. The van der Waals surface area contributed by atoms with Crippen LogP contribution in [0.3, 0.4) is 0 Å². The maximum Gasteiger partial charge on any atom is 0.283 e. The van der Waals surface area contributed by atoms with Crippen LogP contribution < -0.4 is 34.0 Å². The second-order valence-corrected chi connectivity index (χ2v) is 7.69. The third-order valence-corrected chi connectivity index (χ3v) is 4.92. The highest BCUT2D eigenvalue weighted by molar-refractivity contribution is 6.31. The van der Waals surface area contributed by atoms with Crippen LogP contribution in [0.25, 0.3) is 0 Å². The summed E-state index contributed by atoms with van der Waals surface area (Å²) in [5.74, 6) is -1.85. The lowest BCUT2D eigenvalue weighted by Gasteiger charge is -2.20. The molecule has 13 nitrogen and oxygen atoms in total. The van der Waals surface area contributed by atoms with E-state index >= 15 is 0 Å². The number of rotatable bonds is 9. The summed E-state index contributed by atoms with van der Waals surface area (Å²) < 4.78 is 0. The van der Waals surface area contributed by atoms with Crippen molar-refractivity contribution in [1.82, 2.24) is 20.2 Å². The van der Waals surface area contributed by atoms with Gasteiger partial charge in [0.05, 0.1) is 0 Å². The van der Waals surface area contributed by atoms with Crippen molar-refractivity contribution in [1.29, 1.82) is 5.41 Å². The molecule has 34 heavy (non-hydrogen) atoms. The van der Waals surface area contributed by atoms with Crippen molar-refractivity contribution in [2.45, 2.75) is 32.4 Å². The molecule has 0 aliphatic rings. The normalized spacial score (nSPS) is 11.4. The molecule has 0 radical (unpaired) electrons. The molecular weight excluding hydrogens is 462 g/mol. The number of benzene rings is 1. The number of guanidine groups is 2. The number of hydrogen-bond acceptors (Lipinski definition) is 8. The fourth-order valence-electron chi connectivity index (χ4n) is 3.01. The van der Waals surface area contributed by atoms with E-state index in [-0.39, 0.29) is 40.9 Å². The van der Waals surface area contributed by atoms with Gasteiger partial charge < -0.3 is 34.0 Å². The number of nitrogens with two attached hydrogens (primary N) is 5. The molecule has 1 aromatic heterocycles. The average molecular weight is 490 g/mol. The average Bonchev–Trinajstić information content (AvgIpc) is 2.75. The Bertz CT molecular complexity index is 1080. The zero-order valence-corrected chi connectivity index (χ0v) is 19.3. The van der Waals surface area contributed by atoms with Crippen molar-refractivity contribution in [3.8, 4) is 0 Å². The molecule has 12 N–H and O–H groups in total. The number of amides is 2. The third-order valence-electron chi connectivity index (χ3n) is 4.64. The molecular formula is C20H28ClN11O2. The van der Waals surface area contributed by atoms with Crippen molar-refractivity contribution < 1.29 is 9.59 Å². The van der Waals surface area contributed by atoms with E-state index in [0.29, 0.717) is 24.8 Å². The zero-order chi connectivity index (χ0) is 25.4. The number of aryl methyl sites for hydroxylation is 1. The summed E-state index contributed by atoms with van der Waals surface area (Å²) in [4.78, 5) is 37.5. The van der Waals surface area contributed by atoms with Crippen LogP contribution in [0, 0.1) is 5.41 Å². The van der Waals surface area contributed by atoms with E-state index in [1.165, 1.54) is 0 Å². The summed E-state index contributed by atoms with van der Waals surface area (Å²) in [5.41, 5.74) is 28.7. The first-order chi connectivity index (χ1) is 16.0. The van der Waals surface area contributed by atoms with E-state index in [4.69, 9.17) is 45.7 Å². The third kappa shape index (κ3) is 7.20. The Morgan fingerprint density at radius 2 is 1.76 bits per heavy atom. The van der Waals surface area contributed by atoms with Gasteiger partial charge in [0.25, 0.3) is 11.8 Å². The number of anilines is 2. The van der Waals surface area contributed by atoms with Crippen molar-refractivity contribution in [3.63, 3.8) is 0 Å². The van der Waals surface area contributed by atoms with Gasteiger partial charge in [-0.1, -0.05) is 23.7 Å². The Kier molecular flexibility index (Phi) is 8.95. The molecule has 2 aromatic rings. The number of nitrogens with one attached hydrogen (secondary N) is 2. The summed E-state index contributed by atoms with van der Waals surface area (Å²) in [6, 6.07) is 7.07. The highest BCUT2D eigenvalue weighted by atomic mass is 35.5. The first-order valence-electron chi connectivity index (χ1n) is 10.2. The largest absolute Gasteiger partial charge is 0.382 e. The number of carbonyl (C=O) groups excluding carboxylic acids is 2. The molecule has 1 atom stereocenters. The molecule has 0 saturated heterocycles. The predicted octanol–water partition coefficient (Wildman–Crippen LogP) is 0.00217. The monoisotopic (exact) mass is 489 g/mol. The topological polar surface area (TPSA) is 242 Å². The van der Waals surface area contributed by atoms with Crippen LogP contribution in [0.1, 0.15) is 46.2 Å². The summed E-state index contributed by atoms with van der Waals surface area (Å²) in [6.45, 7) is 1.82. The molecule has 1 heterocycles. The molecule has 182 valence electrons. The fraction of sp³-hybridized carbons (Fsp3) is 0.300. The first-order valence-corrected chi connectivity index (χ1v) is 10.6. The van der Waals surface area contributed by atoms with Gasteiger partial charge in [0.1, 0.15) is 6.17 Å². The van der Waals surface area contributed by atoms with Gasteiger partial charge in [0.2, 0.25) is 0 Å². The highest BCUT2D eigenvalue weighted by Gasteiger charge is 2.24. The minimum absolute atomic E-state index is 0.100. The second kappa shape index (κ2) is 11.7. The molecule has 0 aliphatic heterocycles. The molecule has 0 bridgehead atoms. The van der Waals surface area contributed by atoms with Crippen LogP contribution in [0.15, 0.2) is 29.3 Å². The molecule has 2 amide bonds. The Morgan fingerprint density at radius 3 is 2.35 bits per heavy atom. The quantitative estimate of drug-likeness (QED) is 0.142. The number of aromatic nitrogens is 2. The number of nitrogens with zero attached hydrogens (tertiary/aromatic N) is 4. The Hall–Kier alpha value is -4.13. The van der Waals surface area contributed by atoms with E-state index in [2.05, 4.69) is 20.3 Å². The SMILES string of the molecule is CC(N=C(N)N)NC(=O)c1ccc(CCCCN(C(=N)N)C(=O)c2nc(Cl)c(N)nc2N)cc1. The van der Waals surface area contributed by atoms with Gasteiger partial charge >= 0.3 is 0 Å². The maximum absolute atomic E-state index is 12.7. The number of unbranched alkanes of at least 4 members (excludes halogenated alkanes) is 1. The Morgan fingerprint density at radius 1 is 1.12 bits per heavy atom. The Labute approximate surface area is 201 Å². The van der Waals surface area contributed by atoms with Crippen LogP contribution in [0.4, 0.5) is 11.6 Å². The summed E-state index contributed by atoms with van der Waals surface area (Å²) in [7, 11) is 0. The lowest BCUT2D eigenvalue weighted by molar-refractivity contribution is 0.0837. The molecule has 1 aromatic carbocycles. The van der Waals surface area contributed by atoms with Gasteiger partial charge in [-0.3, -0.25) is 19.9 Å². The predicted molar refractivity (Wildman–Crippen MR) is 131 cm³/mol. The van der Waals surface area contributed by atoms with Crippen LogP contribution in [-0.4, -0.2) is 51.3 Å². The Balaban J connectivity index is 1.91. The highest BCUT2D eigenvalue weighted by Crippen LogP contribution is 2.19. The van der Waals surface area contributed by atoms with Gasteiger partial charge in [-0.15, -0.1) is 0 Å². The number of nitrogen functional groups attached to an aromatic ring is 2. The summed E-state index contributed by atoms with van der Waals surface area (Å²) >= 11 is 5.83. The van der Waals surface area contributed by atoms with E-state index < -0.39 is 18.0 Å². The molecule has 1 unspecified atom stereocenters. The summed E-state index contributed by atoms with van der Waals surface area (Å²) in [6.07, 6.45) is 1.37. The standard InChI is InChI=1S/C20H28ClN11O2/c1-10(29-19(24)25)28-17(33)12-7-5-11(6-8-12)4-2-3-9-32(20(26)27)18(34)13-15(22)31-16(23)14(21)30-13/h5-8,10H,2-4,9H2,1H3,(H3,26,27)(H,28,33)(H4,22,23,31)(H4,24,25,29). The van der Waals surface area contributed by atoms with Crippen molar-refractivity contribution in [2.24, 2.45) is 22.2 Å². The minimum Gasteiger partial charge on any atom is -0.382 e. The lowest BCUT2D eigenvalue weighted by Crippen LogP contribution is -2.42. The van der Waals surface area contributed by atoms with Crippen LogP contribution in [0.5, 0.6) is 0 Å². The van der Waals surface area contributed by atoms with Gasteiger partial charge in [-0.05, 0) is 43.9 Å². The van der Waals surface area contributed by atoms with Gasteiger partial charge in [-0.25, -0.2) is 15.0 Å². The van der Waals surface area contributed by atoms with E-state index in [1.807, 2.05) is 12.1 Å². The fourth-order valence-corrected chi connectivity index (χ4v) is 3.14.